The zero-order chi connectivity index (χ0) is 20.1. The highest BCUT2D eigenvalue weighted by atomic mass is 16.5. The van der Waals surface area contributed by atoms with Crippen molar-refractivity contribution in [1.82, 2.24) is 24.5 Å². The molecule has 1 fully saturated rings. The first-order chi connectivity index (χ1) is 14.2. The molecule has 152 valence electrons. The lowest BCUT2D eigenvalue weighted by Gasteiger charge is -2.17. The van der Waals surface area contributed by atoms with Crippen LogP contribution in [-0.4, -0.2) is 50.8 Å². The summed E-state index contributed by atoms with van der Waals surface area (Å²) < 4.78 is 14.5. The Morgan fingerprint density at radius 1 is 1.28 bits per heavy atom. The van der Waals surface area contributed by atoms with Crippen molar-refractivity contribution in [2.75, 3.05) is 25.6 Å². The van der Waals surface area contributed by atoms with E-state index in [1.54, 1.807) is 24.3 Å². The Labute approximate surface area is 168 Å². The van der Waals surface area contributed by atoms with Crippen LogP contribution in [0.2, 0.25) is 0 Å². The molecule has 3 aromatic rings. The number of amides is 1. The van der Waals surface area contributed by atoms with E-state index in [1.165, 1.54) is 6.33 Å². The van der Waals surface area contributed by atoms with E-state index in [-0.39, 0.29) is 17.9 Å². The predicted octanol–water partition coefficient (Wildman–Crippen LogP) is 1.89. The van der Waals surface area contributed by atoms with Gasteiger partial charge in [0.15, 0.2) is 0 Å². The fourth-order valence-corrected chi connectivity index (χ4v) is 3.45. The van der Waals surface area contributed by atoms with Gasteiger partial charge >= 0.3 is 0 Å². The van der Waals surface area contributed by atoms with Crippen LogP contribution in [0.1, 0.15) is 23.7 Å². The molecule has 3 heterocycles. The van der Waals surface area contributed by atoms with Crippen LogP contribution >= 0.6 is 0 Å². The maximum atomic E-state index is 12.9. The van der Waals surface area contributed by atoms with Gasteiger partial charge in [0.2, 0.25) is 5.91 Å². The van der Waals surface area contributed by atoms with Gasteiger partial charge in [0, 0.05) is 31.2 Å². The Kier molecular flexibility index (Phi) is 5.97. The monoisotopic (exact) mass is 396 g/mol. The molecule has 2 aromatic heterocycles. The number of hydrogen-bond donors (Lipinski definition) is 1. The van der Waals surface area contributed by atoms with Crippen LogP contribution in [0.25, 0.3) is 0 Å². The molecule has 9 nitrogen and oxygen atoms in total. The number of hydrogen-bond acceptors (Lipinski definition) is 6. The van der Waals surface area contributed by atoms with E-state index in [1.807, 2.05) is 35.1 Å². The molecule has 0 aliphatic carbocycles. The van der Waals surface area contributed by atoms with Crippen LogP contribution in [0.4, 0.5) is 5.69 Å². The number of ether oxygens (including phenoxy) is 2. The lowest BCUT2D eigenvalue weighted by molar-refractivity contribution is -0.121. The fraction of sp³-hybridized carbons (Fsp3) is 0.400. The molecule has 0 spiro atoms. The maximum absolute atomic E-state index is 12.9. The number of aromatic nitrogens is 5. The van der Waals surface area contributed by atoms with Gasteiger partial charge in [0.25, 0.3) is 0 Å². The van der Waals surface area contributed by atoms with Gasteiger partial charge in [-0.3, -0.25) is 9.48 Å². The molecule has 4 rings (SSSR count). The number of nitrogens with one attached hydrogen (secondary N) is 1. The van der Waals surface area contributed by atoms with Gasteiger partial charge in [-0.05, 0) is 24.1 Å². The Hall–Kier alpha value is -3.04. The molecule has 1 N–H and O–H groups in total. The highest BCUT2D eigenvalue weighted by molar-refractivity contribution is 5.93. The molecule has 0 radical (unpaired) electrons. The van der Waals surface area contributed by atoms with Crippen LogP contribution in [0.5, 0.6) is 0 Å². The predicted molar refractivity (Wildman–Crippen MR) is 105 cm³/mol. The van der Waals surface area contributed by atoms with Crippen LogP contribution in [0.3, 0.4) is 0 Å². The minimum Gasteiger partial charge on any atom is -0.383 e. The number of methoxy groups -OCH3 is 1. The number of carbonyl (C=O) groups excluding carboxylic acids is 1. The smallest absolute Gasteiger partial charge is 0.230 e. The zero-order valence-corrected chi connectivity index (χ0v) is 16.3. The number of carbonyl (C=O) groups is 1. The molecule has 0 unspecified atom stereocenters. The van der Waals surface area contributed by atoms with Crippen LogP contribution < -0.4 is 5.32 Å². The highest BCUT2D eigenvalue weighted by Gasteiger charge is 2.36. The summed E-state index contributed by atoms with van der Waals surface area (Å²) in [4.78, 5) is 16.8. The van der Waals surface area contributed by atoms with E-state index in [0.717, 1.165) is 16.8 Å². The van der Waals surface area contributed by atoms with E-state index < -0.39 is 0 Å². The molecule has 0 bridgehead atoms. The van der Waals surface area contributed by atoms with Crippen molar-refractivity contribution in [3.05, 3.63) is 60.4 Å². The van der Waals surface area contributed by atoms with Gasteiger partial charge in [-0.15, -0.1) is 0 Å². The normalized spacial score (nSPS) is 18.8. The van der Waals surface area contributed by atoms with Crippen molar-refractivity contribution in [1.29, 1.82) is 0 Å². The van der Waals surface area contributed by atoms with Crippen LogP contribution in [0.15, 0.2) is 49.3 Å². The van der Waals surface area contributed by atoms with E-state index >= 15 is 0 Å². The topological polar surface area (TPSA) is 96.1 Å². The van der Waals surface area contributed by atoms with E-state index in [2.05, 4.69) is 20.5 Å². The molecule has 2 atom stereocenters. The molecule has 1 aliphatic rings. The Morgan fingerprint density at radius 2 is 2.14 bits per heavy atom. The quantitative estimate of drug-likeness (QED) is 0.625. The first-order valence-electron chi connectivity index (χ1n) is 9.58. The third-order valence-corrected chi connectivity index (χ3v) is 4.97. The summed E-state index contributed by atoms with van der Waals surface area (Å²) in [7, 11) is 1.66. The van der Waals surface area contributed by atoms with E-state index in [0.29, 0.717) is 32.7 Å². The van der Waals surface area contributed by atoms with Crippen molar-refractivity contribution in [2.24, 2.45) is 5.92 Å². The second-order valence-electron chi connectivity index (χ2n) is 7.00. The minimum atomic E-state index is -0.280. The summed E-state index contributed by atoms with van der Waals surface area (Å²) in [6.45, 7) is 2.45. The van der Waals surface area contributed by atoms with Crippen molar-refractivity contribution in [2.45, 2.75) is 25.6 Å². The molecule has 1 amide bonds. The minimum absolute atomic E-state index is 0.0406. The molecule has 29 heavy (non-hydrogen) atoms. The summed E-state index contributed by atoms with van der Waals surface area (Å²) in [5.74, 6) is -0.286. The molecular weight excluding hydrogens is 372 g/mol. The van der Waals surface area contributed by atoms with E-state index in [4.69, 9.17) is 9.47 Å². The van der Waals surface area contributed by atoms with Crippen molar-refractivity contribution in [3.63, 3.8) is 0 Å². The lowest BCUT2D eigenvalue weighted by Crippen LogP contribution is -2.25. The van der Waals surface area contributed by atoms with Crippen LogP contribution in [0, 0.1) is 5.92 Å². The third kappa shape index (κ3) is 4.69. The Morgan fingerprint density at radius 3 is 2.90 bits per heavy atom. The first-order valence-corrected chi connectivity index (χ1v) is 9.58. The van der Waals surface area contributed by atoms with Crippen molar-refractivity contribution < 1.29 is 14.3 Å². The Balaban J connectivity index is 1.37. The number of benzene rings is 1. The van der Waals surface area contributed by atoms with Gasteiger partial charge in [-0.2, -0.15) is 10.2 Å². The second-order valence-corrected chi connectivity index (χ2v) is 7.00. The molecule has 1 aliphatic heterocycles. The molecule has 1 aromatic carbocycles. The van der Waals surface area contributed by atoms with Crippen LogP contribution in [-0.2, 0) is 27.4 Å². The number of anilines is 1. The van der Waals surface area contributed by atoms with Gasteiger partial charge in [-0.25, -0.2) is 9.67 Å². The third-order valence-electron chi connectivity index (χ3n) is 4.97. The second kappa shape index (κ2) is 8.97. The highest BCUT2D eigenvalue weighted by Crippen LogP contribution is 2.35. The lowest BCUT2D eigenvalue weighted by atomic mass is 9.96. The molecule has 1 saturated heterocycles. The SMILES string of the molecule is COCCn1cc([C@H]2OCC[C@@H]2C(=O)Nc2ccc(Cn3cncn3)cc2)cn1. The zero-order valence-electron chi connectivity index (χ0n) is 16.3. The van der Waals surface area contributed by atoms with Gasteiger partial charge in [-0.1, -0.05) is 12.1 Å². The molecule has 9 heteroatoms. The summed E-state index contributed by atoms with van der Waals surface area (Å²) >= 11 is 0. The molecule has 0 saturated carbocycles. The standard InChI is InChI=1S/C20H24N6O3/c1-28-9-7-25-12-16(10-22-25)19-18(6-8-29-19)20(27)24-17-4-2-15(3-5-17)11-26-14-21-13-23-26/h2-5,10,12-14,18-19H,6-9,11H2,1H3,(H,24,27)/t18-,19+/m0/s1. The summed E-state index contributed by atoms with van der Waals surface area (Å²) in [5, 5.41) is 11.4. The average molecular weight is 396 g/mol. The molecular formula is C20H24N6O3. The summed E-state index contributed by atoms with van der Waals surface area (Å²) in [5.41, 5.74) is 2.76. The number of nitrogens with zero attached hydrogens (tertiary/aromatic N) is 5. The largest absolute Gasteiger partial charge is 0.383 e. The van der Waals surface area contributed by atoms with Crippen molar-refractivity contribution in [3.8, 4) is 0 Å². The number of rotatable bonds is 8. The van der Waals surface area contributed by atoms with Gasteiger partial charge < -0.3 is 14.8 Å². The average Bonchev–Trinajstić information content (AvgIpc) is 3.49. The Bertz CT molecular complexity index is 922. The fourth-order valence-electron chi connectivity index (χ4n) is 3.45. The first kappa shape index (κ1) is 19.3. The summed E-state index contributed by atoms with van der Waals surface area (Å²) in [6, 6.07) is 7.75. The maximum Gasteiger partial charge on any atom is 0.230 e. The summed E-state index contributed by atoms with van der Waals surface area (Å²) in [6.07, 6.45) is 7.28. The van der Waals surface area contributed by atoms with Gasteiger partial charge in [0.1, 0.15) is 12.7 Å². The van der Waals surface area contributed by atoms with Crippen molar-refractivity contribution >= 4 is 11.6 Å². The van der Waals surface area contributed by atoms with E-state index in [9.17, 15) is 4.79 Å². The van der Waals surface area contributed by atoms with Gasteiger partial charge in [0.05, 0.1) is 37.9 Å².